The zero-order chi connectivity index (χ0) is 17.1. The molecule has 3 aromatic rings. The van der Waals surface area contributed by atoms with Crippen LogP contribution < -0.4 is 0 Å². The van der Waals surface area contributed by atoms with E-state index in [0.29, 0.717) is 12.2 Å². The first-order valence-electron chi connectivity index (χ1n) is 8.47. The summed E-state index contributed by atoms with van der Waals surface area (Å²) >= 11 is 0. The van der Waals surface area contributed by atoms with Gasteiger partial charge < -0.3 is 4.90 Å². The minimum atomic E-state index is -0.0569. The van der Waals surface area contributed by atoms with Crippen LogP contribution in [0.15, 0.2) is 55.1 Å². The van der Waals surface area contributed by atoms with Crippen molar-refractivity contribution in [2.24, 2.45) is 0 Å². The Labute approximate surface area is 145 Å². The maximum atomic E-state index is 12.7. The Balaban J connectivity index is 1.57. The Morgan fingerprint density at radius 3 is 2.84 bits per heavy atom. The minimum absolute atomic E-state index is 0.0569. The third kappa shape index (κ3) is 3.15. The van der Waals surface area contributed by atoms with Gasteiger partial charge in [-0.05, 0) is 18.4 Å². The average molecular weight is 333 g/mol. The lowest BCUT2D eigenvalue weighted by Gasteiger charge is -2.32. The summed E-state index contributed by atoms with van der Waals surface area (Å²) < 4.78 is 0. The topological polar surface area (TPSA) is 74.8 Å². The molecule has 3 heterocycles. The van der Waals surface area contributed by atoms with Gasteiger partial charge >= 0.3 is 0 Å². The first-order valence-corrected chi connectivity index (χ1v) is 8.47. The summed E-state index contributed by atoms with van der Waals surface area (Å²) in [4.78, 5) is 22.7. The van der Waals surface area contributed by atoms with Crippen LogP contribution in [-0.4, -0.2) is 44.1 Å². The molecule has 0 bridgehead atoms. The highest BCUT2D eigenvalue weighted by molar-refractivity contribution is 5.92. The zero-order valence-electron chi connectivity index (χ0n) is 13.8. The molecule has 1 saturated heterocycles. The zero-order valence-corrected chi connectivity index (χ0v) is 13.8. The Kier molecular flexibility index (Phi) is 4.24. The lowest BCUT2D eigenvalue weighted by Crippen LogP contribution is -2.39. The molecule has 1 aliphatic rings. The van der Waals surface area contributed by atoms with E-state index in [1.54, 1.807) is 12.4 Å². The van der Waals surface area contributed by atoms with E-state index in [0.717, 1.165) is 36.2 Å². The molecule has 25 heavy (non-hydrogen) atoms. The SMILES string of the molecule is O=C(c1cnccn1)N1CCC[C@H](c2[nH]ncc2-c2ccccc2)C1. The average Bonchev–Trinajstić information content (AvgIpc) is 3.19. The maximum absolute atomic E-state index is 12.7. The lowest BCUT2D eigenvalue weighted by molar-refractivity contribution is 0.0699. The molecule has 1 N–H and O–H groups in total. The van der Waals surface area contributed by atoms with E-state index < -0.39 is 0 Å². The smallest absolute Gasteiger partial charge is 0.274 e. The molecule has 0 saturated carbocycles. The summed E-state index contributed by atoms with van der Waals surface area (Å²) in [5, 5.41) is 7.41. The molecule has 126 valence electrons. The minimum Gasteiger partial charge on any atom is -0.337 e. The largest absolute Gasteiger partial charge is 0.337 e. The highest BCUT2D eigenvalue weighted by Gasteiger charge is 2.28. The van der Waals surface area contributed by atoms with Gasteiger partial charge in [0.05, 0.1) is 12.4 Å². The molecule has 4 rings (SSSR count). The van der Waals surface area contributed by atoms with Crippen LogP contribution in [0.3, 0.4) is 0 Å². The Morgan fingerprint density at radius 2 is 2.04 bits per heavy atom. The van der Waals surface area contributed by atoms with Gasteiger partial charge in [-0.15, -0.1) is 0 Å². The van der Waals surface area contributed by atoms with Crippen molar-refractivity contribution in [2.75, 3.05) is 13.1 Å². The predicted molar refractivity (Wildman–Crippen MR) is 93.9 cm³/mol. The molecule has 0 spiro atoms. The van der Waals surface area contributed by atoms with E-state index in [2.05, 4.69) is 32.3 Å². The van der Waals surface area contributed by atoms with Gasteiger partial charge in [0.2, 0.25) is 0 Å². The van der Waals surface area contributed by atoms with Crippen molar-refractivity contribution in [3.8, 4) is 11.1 Å². The number of hydrogen-bond donors (Lipinski definition) is 1. The van der Waals surface area contributed by atoms with Crippen molar-refractivity contribution in [2.45, 2.75) is 18.8 Å². The molecule has 1 fully saturated rings. The monoisotopic (exact) mass is 333 g/mol. The molecule has 0 radical (unpaired) electrons. The van der Waals surface area contributed by atoms with E-state index in [1.165, 1.54) is 6.20 Å². The van der Waals surface area contributed by atoms with Crippen LogP contribution in [0.5, 0.6) is 0 Å². The number of benzene rings is 1. The number of likely N-dealkylation sites (tertiary alicyclic amines) is 1. The van der Waals surface area contributed by atoms with Gasteiger partial charge in [-0.2, -0.15) is 5.10 Å². The molecule has 1 amide bonds. The Hall–Kier alpha value is -3.02. The predicted octanol–water partition coefficient (Wildman–Crippen LogP) is 2.89. The normalized spacial score (nSPS) is 17.4. The number of rotatable bonds is 3. The summed E-state index contributed by atoms with van der Waals surface area (Å²) in [7, 11) is 0. The highest BCUT2D eigenvalue weighted by Crippen LogP contribution is 2.33. The van der Waals surface area contributed by atoms with Crippen molar-refractivity contribution in [1.29, 1.82) is 0 Å². The van der Waals surface area contributed by atoms with Crippen LogP contribution >= 0.6 is 0 Å². The molecular weight excluding hydrogens is 314 g/mol. The third-order valence-corrected chi connectivity index (χ3v) is 4.65. The number of amides is 1. The van der Waals surface area contributed by atoms with Crippen molar-refractivity contribution >= 4 is 5.91 Å². The number of H-pyrrole nitrogens is 1. The van der Waals surface area contributed by atoms with Crippen LogP contribution in [-0.2, 0) is 0 Å². The number of nitrogens with zero attached hydrogens (tertiary/aromatic N) is 4. The summed E-state index contributed by atoms with van der Waals surface area (Å²) in [6, 6.07) is 10.2. The van der Waals surface area contributed by atoms with Crippen molar-refractivity contribution < 1.29 is 4.79 Å². The van der Waals surface area contributed by atoms with Gasteiger partial charge in [-0.3, -0.25) is 14.9 Å². The second-order valence-electron chi connectivity index (χ2n) is 6.24. The standard InChI is InChI=1S/C19H19N5O/c25-19(17-12-20-8-9-21-17)24-10-4-7-15(13-24)18-16(11-22-23-18)14-5-2-1-3-6-14/h1-3,5-6,8-9,11-12,15H,4,7,10,13H2,(H,22,23)/t15-/m0/s1. The third-order valence-electron chi connectivity index (χ3n) is 4.65. The van der Waals surface area contributed by atoms with Crippen LogP contribution in [0, 0.1) is 0 Å². The Bertz CT molecular complexity index is 847. The molecule has 6 nitrogen and oxygen atoms in total. The number of piperidine rings is 1. The quantitative estimate of drug-likeness (QED) is 0.800. The number of aromatic amines is 1. The maximum Gasteiger partial charge on any atom is 0.274 e. The van der Waals surface area contributed by atoms with Gasteiger partial charge in [-0.1, -0.05) is 30.3 Å². The van der Waals surface area contributed by atoms with Crippen LogP contribution in [0.2, 0.25) is 0 Å². The first kappa shape index (κ1) is 15.5. The van der Waals surface area contributed by atoms with Gasteiger partial charge in [0.1, 0.15) is 5.69 Å². The summed E-state index contributed by atoms with van der Waals surface area (Å²) in [5.74, 6) is 0.186. The molecule has 1 aliphatic heterocycles. The number of nitrogens with one attached hydrogen (secondary N) is 1. The van der Waals surface area contributed by atoms with Gasteiger partial charge in [0, 0.05) is 42.7 Å². The number of aromatic nitrogens is 4. The van der Waals surface area contributed by atoms with Crippen molar-refractivity contribution in [3.63, 3.8) is 0 Å². The summed E-state index contributed by atoms with van der Waals surface area (Å²) in [5.41, 5.74) is 3.75. The molecule has 6 heteroatoms. The van der Waals surface area contributed by atoms with E-state index in [9.17, 15) is 4.79 Å². The lowest BCUT2D eigenvalue weighted by atomic mass is 9.90. The summed E-state index contributed by atoms with van der Waals surface area (Å²) in [6.07, 6.45) is 8.52. The summed E-state index contributed by atoms with van der Waals surface area (Å²) in [6.45, 7) is 1.41. The molecule has 2 aromatic heterocycles. The van der Waals surface area contributed by atoms with E-state index in [4.69, 9.17) is 0 Å². The fourth-order valence-electron chi connectivity index (χ4n) is 3.42. The second kappa shape index (κ2) is 6.84. The van der Waals surface area contributed by atoms with Crippen LogP contribution in [0.25, 0.3) is 11.1 Å². The van der Waals surface area contributed by atoms with Gasteiger partial charge in [0.25, 0.3) is 5.91 Å². The molecule has 0 unspecified atom stereocenters. The van der Waals surface area contributed by atoms with Crippen molar-refractivity contribution in [1.82, 2.24) is 25.1 Å². The van der Waals surface area contributed by atoms with E-state index >= 15 is 0 Å². The first-order chi connectivity index (χ1) is 12.3. The number of hydrogen-bond acceptors (Lipinski definition) is 4. The van der Waals surface area contributed by atoms with Gasteiger partial charge in [0.15, 0.2) is 0 Å². The fourth-order valence-corrected chi connectivity index (χ4v) is 3.42. The second-order valence-corrected chi connectivity index (χ2v) is 6.24. The highest BCUT2D eigenvalue weighted by atomic mass is 16.2. The fraction of sp³-hybridized carbons (Fsp3) is 0.263. The van der Waals surface area contributed by atoms with Crippen LogP contribution in [0.1, 0.15) is 34.9 Å². The number of carbonyl (C=O) groups excluding carboxylic acids is 1. The van der Waals surface area contributed by atoms with Crippen LogP contribution in [0.4, 0.5) is 0 Å². The Morgan fingerprint density at radius 1 is 1.16 bits per heavy atom. The van der Waals surface area contributed by atoms with E-state index in [-0.39, 0.29) is 11.8 Å². The molecule has 1 atom stereocenters. The molecule has 0 aliphatic carbocycles. The van der Waals surface area contributed by atoms with E-state index in [1.807, 2.05) is 29.3 Å². The number of carbonyl (C=O) groups is 1. The van der Waals surface area contributed by atoms with Crippen molar-refractivity contribution in [3.05, 3.63) is 66.5 Å². The van der Waals surface area contributed by atoms with Gasteiger partial charge in [-0.25, -0.2) is 4.98 Å². The molecule has 1 aromatic carbocycles. The molecular formula is C19H19N5O.